The lowest BCUT2D eigenvalue weighted by Gasteiger charge is -2.13. The van der Waals surface area contributed by atoms with Crippen LogP contribution in [0.4, 0.5) is 16.2 Å². The van der Waals surface area contributed by atoms with Gasteiger partial charge in [-0.1, -0.05) is 29.8 Å². The first kappa shape index (κ1) is 20.7. The second kappa shape index (κ2) is 8.36. The molecule has 5 rings (SSSR count). The summed E-state index contributed by atoms with van der Waals surface area (Å²) in [5.74, 6) is -1.42. The van der Waals surface area contributed by atoms with Crippen LogP contribution in [0, 0.1) is 5.82 Å². The van der Waals surface area contributed by atoms with Gasteiger partial charge in [0.25, 0.3) is 0 Å². The summed E-state index contributed by atoms with van der Waals surface area (Å²) in [6, 6.07) is 13.0. The monoisotopic (exact) mass is 460 g/mol. The average Bonchev–Trinajstić information content (AvgIpc) is 2.96. The van der Waals surface area contributed by atoms with E-state index < -0.39 is 11.8 Å². The van der Waals surface area contributed by atoms with Gasteiger partial charge in [0.1, 0.15) is 11.4 Å². The second-order valence-corrected chi connectivity index (χ2v) is 7.56. The number of fused-ring (bicyclic) bond motifs is 3. The second-order valence-electron chi connectivity index (χ2n) is 7.13. The molecular weight excluding hydrogens is 447 g/mol. The Morgan fingerprint density at radius 1 is 1.09 bits per heavy atom. The van der Waals surface area contributed by atoms with Gasteiger partial charge in [0, 0.05) is 33.5 Å². The van der Waals surface area contributed by atoms with Crippen molar-refractivity contribution in [3.63, 3.8) is 0 Å². The molecule has 3 heterocycles. The van der Waals surface area contributed by atoms with Crippen molar-refractivity contribution in [1.29, 1.82) is 0 Å². The van der Waals surface area contributed by atoms with E-state index in [4.69, 9.17) is 11.6 Å². The van der Waals surface area contributed by atoms with Crippen molar-refractivity contribution in [1.82, 2.24) is 20.2 Å². The number of benzene rings is 2. The molecule has 0 amide bonds. The van der Waals surface area contributed by atoms with Gasteiger partial charge < -0.3 is 10.4 Å². The molecule has 0 atom stereocenters. The Morgan fingerprint density at radius 2 is 1.94 bits per heavy atom. The number of aromatic carboxylic acids is 1. The predicted octanol–water partition coefficient (Wildman–Crippen LogP) is 4.52. The summed E-state index contributed by atoms with van der Waals surface area (Å²) in [6.07, 6.45) is 2.88. The number of hydrogen-bond donors (Lipinski definition) is 2. The number of halogens is 2. The number of anilines is 2. The van der Waals surface area contributed by atoms with E-state index in [9.17, 15) is 14.3 Å². The van der Waals surface area contributed by atoms with E-state index in [0.717, 1.165) is 0 Å². The van der Waals surface area contributed by atoms with E-state index >= 15 is 0 Å². The molecule has 0 spiro atoms. The first-order chi connectivity index (χ1) is 16.0. The number of carbonyl (C=O) groups is 1. The minimum absolute atomic E-state index is 0.0122. The molecule has 2 N–H and O–H groups in total. The lowest BCUT2D eigenvalue weighted by Crippen LogP contribution is -2.09. The van der Waals surface area contributed by atoms with Crippen molar-refractivity contribution < 1.29 is 14.3 Å². The van der Waals surface area contributed by atoms with Crippen molar-refractivity contribution >= 4 is 35.0 Å². The Bertz CT molecular complexity index is 1440. The molecule has 0 unspecified atom stereocenters. The number of nitrogens with one attached hydrogen (secondary N) is 1. The highest BCUT2D eigenvalue weighted by molar-refractivity contribution is 6.31. The van der Waals surface area contributed by atoms with Crippen molar-refractivity contribution in [3.8, 4) is 11.3 Å². The molecule has 10 heteroatoms. The van der Waals surface area contributed by atoms with Crippen LogP contribution in [0.15, 0.2) is 65.9 Å². The van der Waals surface area contributed by atoms with Gasteiger partial charge in [-0.2, -0.15) is 5.10 Å². The fourth-order valence-corrected chi connectivity index (χ4v) is 3.74. The summed E-state index contributed by atoms with van der Waals surface area (Å²) >= 11 is 6.27. The maximum atomic E-state index is 14.6. The normalized spacial score (nSPS) is 12.2. The third kappa shape index (κ3) is 3.90. The lowest BCUT2D eigenvalue weighted by molar-refractivity contribution is 0.0697. The zero-order valence-corrected chi connectivity index (χ0v) is 17.6. The summed E-state index contributed by atoms with van der Waals surface area (Å²) in [4.78, 5) is 25.0. The van der Waals surface area contributed by atoms with Crippen molar-refractivity contribution in [2.24, 2.45) is 4.99 Å². The molecule has 1 aliphatic heterocycles. The first-order valence-electron chi connectivity index (χ1n) is 9.79. The van der Waals surface area contributed by atoms with Gasteiger partial charge in [-0.05, 0) is 30.3 Å². The Morgan fingerprint density at radius 3 is 2.76 bits per heavy atom. The zero-order chi connectivity index (χ0) is 22.9. The van der Waals surface area contributed by atoms with Crippen LogP contribution in [0.25, 0.3) is 11.3 Å². The summed E-state index contributed by atoms with van der Waals surface area (Å²) in [5, 5.41) is 20.2. The van der Waals surface area contributed by atoms with Crippen LogP contribution in [0.3, 0.4) is 0 Å². The van der Waals surface area contributed by atoms with E-state index in [1.165, 1.54) is 18.3 Å². The van der Waals surface area contributed by atoms with Gasteiger partial charge in [-0.25, -0.2) is 19.2 Å². The number of carboxylic acid groups (broad SMARTS) is 1. The van der Waals surface area contributed by atoms with Gasteiger partial charge in [-0.3, -0.25) is 4.99 Å². The SMILES string of the molecule is O=C(O)c1ccnnc1Nc1ncc2c(n1)-c1ccc(Cl)cc1C(c1ccccc1F)=NC2. The fourth-order valence-electron chi connectivity index (χ4n) is 3.57. The van der Waals surface area contributed by atoms with E-state index in [0.29, 0.717) is 38.7 Å². The summed E-state index contributed by atoms with van der Waals surface area (Å²) < 4.78 is 14.6. The third-order valence-corrected chi connectivity index (χ3v) is 5.31. The maximum Gasteiger partial charge on any atom is 0.339 e. The number of aliphatic imine (C=N–C) groups is 1. The molecule has 0 saturated heterocycles. The van der Waals surface area contributed by atoms with Crippen molar-refractivity contribution in [2.45, 2.75) is 6.54 Å². The van der Waals surface area contributed by atoms with Gasteiger partial charge in [0.2, 0.25) is 5.95 Å². The number of aromatic nitrogens is 4. The van der Waals surface area contributed by atoms with Gasteiger partial charge in [0.15, 0.2) is 5.82 Å². The molecule has 33 heavy (non-hydrogen) atoms. The average molecular weight is 461 g/mol. The molecule has 0 radical (unpaired) electrons. The number of nitrogens with zero attached hydrogens (tertiary/aromatic N) is 5. The largest absolute Gasteiger partial charge is 0.478 e. The van der Waals surface area contributed by atoms with E-state index in [1.54, 1.807) is 42.6 Å². The molecule has 4 aromatic rings. The van der Waals surface area contributed by atoms with Crippen LogP contribution in [0.5, 0.6) is 0 Å². The molecule has 0 fully saturated rings. The van der Waals surface area contributed by atoms with E-state index in [-0.39, 0.29) is 23.9 Å². The molecule has 162 valence electrons. The summed E-state index contributed by atoms with van der Waals surface area (Å²) in [6.45, 7) is 0.219. The van der Waals surface area contributed by atoms with Crippen LogP contribution in [-0.4, -0.2) is 37.0 Å². The topological polar surface area (TPSA) is 113 Å². The Hall–Kier alpha value is -4.24. The molecular formula is C23H14ClFN6O2. The molecule has 8 nitrogen and oxygen atoms in total. The molecule has 0 bridgehead atoms. The highest BCUT2D eigenvalue weighted by atomic mass is 35.5. The molecule has 2 aromatic heterocycles. The Kier molecular flexibility index (Phi) is 5.23. The highest BCUT2D eigenvalue weighted by Crippen LogP contribution is 2.34. The quantitative estimate of drug-likeness (QED) is 0.460. The first-order valence-corrected chi connectivity index (χ1v) is 10.2. The standard InChI is InChI=1S/C23H14ClFN6O2/c24-13-5-6-14-17(9-13)20(15-3-1-2-4-18(15)25)26-10-12-11-27-23(29-19(12)14)30-21-16(22(32)33)7-8-28-31-21/h1-9,11H,10H2,(H,32,33)(H,27,29,30,31). The van der Waals surface area contributed by atoms with Crippen LogP contribution in [0.1, 0.15) is 27.0 Å². The van der Waals surface area contributed by atoms with Crippen LogP contribution < -0.4 is 5.32 Å². The third-order valence-electron chi connectivity index (χ3n) is 5.07. The minimum atomic E-state index is -1.16. The van der Waals surface area contributed by atoms with Crippen LogP contribution >= 0.6 is 11.6 Å². The van der Waals surface area contributed by atoms with E-state index in [2.05, 4.69) is 30.5 Å². The van der Waals surface area contributed by atoms with Crippen molar-refractivity contribution in [3.05, 3.63) is 94.0 Å². The molecule has 0 aliphatic carbocycles. The van der Waals surface area contributed by atoms with Gasteiger partial charge in [-0.15, -0.1) is 5.10 Å². The van der Waals surface area contributed by atoms with Crippen LogP contribution in [0.2, 0.25) is 5.02 Å². The fraction of sp³-hybridized carbons (Fsp3) is 0.0435. The summed E-state index contributed by atoms with van der Waals surface area (Å²) in [5.41, 5.74) is 3.34. The summed E-state index contributed by atoms with van der Waals surface area (Å²) in [7, 11) is 0. The smallest absolute Gasteiger partial charge is 0.339 e. The van der Waals surface area contributed by atoms with Crippen LogP contribution in [-0.2, 0) is 6.54 Å². The number of hydrogen-bond acceptors (Lipinski definition) is 7. The zero-order valence-electron chi connectivity index (χ0n) is 16.8. The predicted molar refractivity (Wildman–Crippen MR) is 120 cm³/mol. The molecule has 1 aliphatic rings. The van der Waals surface area contributed by atoms with E-state index in [1.807, 2.05) is 0 Å². The Labute approximate surface area is 191 Å². The number of carboxylic acids is 1. The molecule has 0 saturated carbocycles. The van der Waals surface area contributed by atoms with Crippen molar-refractivity contribution in [2.75, 3.05) is 5.32 Å². The Balaban J connectivity index is 1.63. The minimum Gasteiger partial charge on any atom is -0.478 e. The molecule has 2 aromatic carbocycles. The van der Waals surface area contributed by atoms with Gasteiger partial charge >= 0.3 is 5.97 Å². The highest BCUT2D eigenvalue weighted by Gasteiger charge is 2.23. The maximum absolute atomic E-state index is 14.6. The van der Waals surface area contributed by atoms with Gasteiger partial charge in [0.05, 0.1) is 24.1 Å². The number of rotatable bonds is 4. The lowest BCUT2D eigenvalue weighted by atomic mass is 9.95.